The van der Waals surface area contributed by atoms with Crippen LogP contribution < -0.4 is 10.6 Å². The Labute approximate surface area is 118 Å². The Morgan fingerprint density at radius 1 is 1.15 bits per heavy atom. The lowest BCUT2D eigenvalue weighted by molar-refractivity contribution is 0.102. The number of hydrogen-bond acceptors (Lipinski definition) is 3. The number of benzene rings is 1. The first-order valence-electron chi connectivity index (χ1n) is 6.81. The third-order valence-corrected chi connectivity index (χ3v) is 3.27. The predicted octanol–water partition coefficient (Wildman–Crippen LogP) is 3.22. The van der Waals surface area contributed by atoms with Gasteiger partial charge in [0.25, 0.3) is 5.91 Å². The molecular weight excluding hydrogens is 250 g/mol. The van der Waals surface area contributed by atoms with Gasteiger partial charge in [0.2, 0.25) is 0 Å². The lowest BCUT2D eigenvalue weighted by atomic mass is 10.1. The van der Waals surface area contributed by atoms with E-state index in [4.69, 9.17) is 0 Å². The number of aryl methyl sites for hydroxylation is 1. The van der Waals surface area contributed by atoms with Gasteiger partial charge in [-0.2, -0.15) is 0 Å². The highest BCUT2D eigenvalue weighted by atomic mass is 16.1. The lowest BCUT2D eigenvalue weighted by Crippen LogP contribution is -2.13. The highest BCUT2D eigenvalue weighted by Crippen LogP contribution is 2.24. The molecule has 1 amide bonds. The number of anilines is 2. The topological polar surface area (TPSA) is 54.0 Å². The number of pyridine rings is 1. The Balaban J connectivity index is 1.64. The summed E-state index contributed by atoms with van der Waals surface area (Å²) in [5.74, 6) is 0.428. The van der Waals surface area contributed by atoms with Gasteiger partial charge < -0.3 is 10.6 Å². The zero-order chi connectivity index (χ0) is 13.9. The van der Waals surface area contributed by atoms with Crippen molar-refractivity contribution in [2.45, 2.75) is 25.8 Å². The zero-order valence-electron chi connectivity index (χ0n) is 11.4. The van der Waals surface area contributed by atoms with Crippen molar-refractivity contribution in [3.8, 4) is 0 Å². The molecule has 20 heavy (non-hydrogen) atoms. The van der Waals surface area contributed by atoms with Gasteiger partial charge in [-0.15, -0.1) is 0 Å². The molecule has 0 spiro atoms. The number of nitrogens with zero attached hydrogens (tertiary/aromatic N) is 1. The number of hydrogen-bond donors (Lipinski definition) is 2. The van der Waals surface area contributed by atoms with Gasteiger partial charge in [-0.05, 0) is 44.0 Å². The van der Waals surface area contributed by atoms with Gasteiger partial charge in [0.1, 0.15) is 5.82 Å². The Kier molecular flexibility index (Phi) is 3.37. The smallest absolute Gasteiger partial charge is 0.256 e. The van der Waals surface area contributed by atoms with Crippen LogP contribution in [-0.2, 0) is 0 Å². The fraction of sp³-hybridized carbons (Fsp3) is 0.250. The van der Waals surface area contributed by atoms with Crippen molar-refractivity contribution in [2.24, 2.45) is 0 Å². The number of nitrogens with one attached hydrogen (secondary N) is 2. The average molecular weight is 267 g/mol. The van der Waals surface area contributed by atoms with Crippen LogP contribution >= 0.6 is 0 Å². The maximum absolute atomic E-state index is 12.0. The molecule has 1 aliphatic carbocycles. The first-order valence-corrected chi connectivity index (χ1v) is 6.81. The van der Waals surface area contributed by atoms with Gasteiger partial charge in [-0.3, -0.25) is 4.79 Å². The van der Waals surface area contributed by atoms with E-state index in [0.29, 0.717) is 17.4 Å². The van der Waals surface area contributed by atoms with Crippen LogP contribution in [0.1, 0.15) is 28.8 Å². The summed E-state index contributed by atoms with van der Waals surface area (Å²) in [6.07, 6.45) is 4.21. The molecular formula is C16H17N3O. The van der Waals surface area contributed by atoms with E-state index in [1.165, 1.54) is 12.8 Å². The molecule has 1 aliphatic rings. The van der Waals surface area contributed by atoms with Crippen LogP contribution in [0.3, 0.4) is 0 Å². The molecule has 1 aromatic carbocycles. The number of amides is 1. The Morgan fingerprint density at radius 3 is 2.50 bits per heavy atom. The summed E-state index contributed by atoms with van der Waals surface area (Å²) in [5.41, 5.74) is 2.77. The van der Waals surface area contributed by atoms with Crippen molar-refractivity contribution in [1.82, 2.24) is 4.98 Å². The maximum Gasteiger partial charge on any atom is 0.256 e. The van der Waals surface area contributed by atoms with Gasteiger partial charge in [0.15, 0.2) is 0 Å². The molecule has 102 valence electrons. The summed E-state index contributed by atoms with van der Waals surface area (Å²) in [5, 5.41) is 6.16. The SMILES string of the molecule is Cc1ccc(C(=O)Nc2ccc(NC3CC3)cn2)cc1. The molecule has 0 bridgehead atoms. The molecule has 1 aromatic heterocycles. The summed E-state index contributed by atoms with van der Waals surface area (Å²) >= 11 is 0. The van der Waals surface area contributed by atoms with Crippen molar-refractivity contribution in [3.05, 3.63) is 53.7 Å². The van der Waals surface area contributed by atoms with Crippen LogP contribution in [0.15, 0.2) is 42.6 Å². The fourth-order valence-corrected chi connectivity index (χ4v) is 1.91. The molecule has 1 saturated carbocycles. The molecule has 0 radical (unpaired) electrons. The number of carbonyl (C=O) groups is 1. The summed E-state index contributed by atoms with van der Waals surface area (Å²) in [6, 6.07) is 11.8. The van der Waals surface area contributed by atoms with E-state index in [-0.39, 0.29) is 5.91 Å². The molecule has 2 aromatic rings. The Bertz CT molecular complexity index is 601. The Hall–Kier alpha value is -2.36. The third-order valence-electron chi connectivity index (χ3n) is 3.27. The zero-order valence-corrected chi connectivity index (χ0v) is 11.4. The van der Waals surface area contributed by atoms with E-state index in [0.717, 1.165) is 11.3 Å². The highest BCUT2D eigenvalue weighted by Gasteiger charge is 2.20. The Morgan fingerprint density at radius 2 is 1.90 bits per heavy atom. The maximum atomic E-state index is 12.0. The molecule has 4 nitrogen and oxygen atoms in total. The van der Waals surface area contributed by atoms with Crippen molar-refractivity contribution in [2.75, 3.05) is 10.6 Å². The van der Waals surface area contributed by atoms with Crippen LogP contribution in [0, 0.1) is 6.92 Å². The minimum Gasteiger partial charge on any atom is -0.381 e. The van der Waals surface area contributed by atoms with Crippen LogP contribution in [0.2, 0.25) is 0 Å². The molecule has 0 saturated heterocycles. The van der Waals surface area contributed by atoms with E-state index in [1.807, 2.05) is 43.3 Å². The highest BCUT2D eigenvalue weighted by molar-refractivity contribution is 6.03. The van der Waals surface area contributed by atoms with E-state index >= 15 is 0 Å². The van der Waals surface area contributed by atoms with Gasteiger partial charge in [0, 0.05) is 11.6 Å². The quantitative estimate of drug-likeness (QED) is 0.894. The fourth-order valence-electron chi connectivity index (χ4n) is 1.91. The first kappa shape index (κ1) is 12.7. The summed E-state index contributed by atoms with van der Waals surface area (Å²) in [7, 11) is 0. The molecule has 1 heterocycles. The lowest BCUT2D eigenvalue weighted by Gasteiger charge is -2.07. The normalized spacial score (nSPS) is 13.8. The molecule has 1 fully saturated rings. The van der Waals surface area contributed by atoms with E-state index in [1.54, 1.807) is 6.20 Å². The van der Waals surface area contributed by atoms with Gasteiger partial charge in [-0.1, -0.05) is 17.7 Å². The third kappa shape index (κ3) is 3.15. The van der Waals surface area contributed by atoms with Gasteiger partial charge >= 0.3 is 0 Å². The van der Waals surface area contributed by atoms with Crippen LogP contribution in [0.5, 0.6) is 0 Å². The second-order valence-electron chi connectivity index (χ2n) is 5.17. The minimum absolute atomic E-state index is 0.139. The van der Waals surface area contributed by atoms with Crippen molar-refractivity contribution in [3.63, 3.8) is 0 Å². The molecule has 0 unspecified atom stereocenters. The number of rotatable bonds is 4. The monoisotopic (exact) mass is 267 g/mol. The van der Waals surface area contributed by atoms with Crippen molar-refractivity contribution in [1.29, 1.82) is 0 Å². The first-order chi connectivity index (χ1) is 9.70. The minimum atomic E-state index is -0.139. The summed E-state index contributed by atoms with van der Waals surface area (Å²) in [6.45, 7) is 1.99. The van der Waals surface area contributed by atoms with E-state index < -0.39 is 0 Å². The average Bonchev–Trinajstić information content (AvgIpc) is 3.26. The summed E-state index contributed by atoms with van der Waals surface area (Å²) < 4.78 is 0. The van der Waals surface area contributed by atoms with Crippen LogP contribution in [0.4, 0.5) is 11.5 Å². The van der Waals surface area contributed by atoms with Gasteiger partial charge in [0.05, 0.1) is 11.9 Å². The molecule has 0 atom stereocenters. The molecule has 0 aliphatic heterocycles. The van der Waals surface area contributed by atoms with Crippen LogP contribution in [-0.4, -0.2) is 16.9 Å². The molecule has 4 heteroatoms. The number of carbonyl (C=O) groups excluding carboxylic acids is 1. The van der Waals surface area contributed by atoms with E-state index in [9.17, 15) is 4.79 Å². The van der Waals surface area contributed by atoms with Crippen molar-refractivity contribution < 1.29 is 4.79 Å². The predicted molar refractivity (Wildman–Crippen MR) is 80.0 cm³/mol. The molecule has 3 rings (SSSR count). The largest absolute Gasteiger partial charge is 0.381 e. The van der Waals surface area contributed by atoms with E-state index in [2.05, 4.69) is 15.6 Å². The number of aromatic nitrogens is 1. The standard InChI is InChI=1S/C16H17N3O/c1-11-2-4-12(5-3-11)16(20)19-15-9-8-14(10-17-15)18-13-6-7-13/h2-5,8-10,13,18H,6-7H2,1H3,(H,17,19,20). The van der Waals surface area contributed by atoms with Gasteiger partial charge in [-0.25, -0.2) is 4.98 Å². The van der Waals surface area contributed by atoms with Crippen molar-refractivity contribution >= 4 is 17.4 Å². The second kappa shape index (κ2) is 5.33. The second-order valence-corrected chi connectivity index (χ2v) is 5.17. The summed E-state index contributed by atoms with van der Waals surface area (Å²) in [4.78, 5) is 16.3. The van der Waals surface area contributed by atoms with Crippen LogP contribution in [0.25, 0.3) is 0 Å². The molecule has 2 N–H and O–H groups in total.